The van der Waals surface area contributed by atoms with Crippen LogP contribution < -0.4 is 21.3 Å². The molecule has 180 valence electrons. The number of rotatable bonds is 7. The van der Waals surface area contributed by atoms with Crippen LogP contribution >= 0.6 is 0 Å². The van der Waals surface area contributed by atoms with Gasteiger partial charge in [0.1, 0.15) is 17.2 Å². The van der Waals surface area contributed by atoms with Crippen molar-refractivity contribution < 1.29 is 4.79 Å². The third kappa shape index (κ3) is 5.73. The Morgan fingerprint density at radius 1 is 1.14 bits per heavy atom. The minimum atomic E-state index is -0.754. The van der Waals surface area contributed by atoms with Gasteiger partial charge in [0, 0.05) is 24.5 Å². The summed E-state index contributed by atoms with van der Waals surface area (Å²) in [5, 5.41) is 22.2. The van der Waals surface area contributed by atoms with Gasteiger partial charge in [-0.25, -0.2) is 9.97 Å². The first kappa shape index (κ1) is 24.1. The molecule has 35 heavy (non-hydrogen) atoms. The number of nitrogens with zero attached hydrogens (tertiary/aromatic N) is 4. The molecule has 0 atom stereocenters. The molecule has 0 saturated carbocycles. The van der Waals surface area contributed by atoms with E-state index in [2.05, 4.69) is 54.4 Å². The fraction of sp³-hybridized carbons (Fsp3) is 0.346. The zero-order valence-electron chi connectivity index (χ0n) is 20.4. The van der Waals surface area contributed by atoms with Crippen LogP contribution in [-0.4, -0.2) is 33.4 Å². The number of carbonyl (C=O) groups excluding carboxylic acids is 1. The number of nitrogens with one attached hydrogen (secondary N) is 4. The molecular weight excluding hydrogens is 440 g/mol. The first-order valence-electron chi connectivity index (χ1n) is 11.7. The average Bonchev–Trinajstić information content (AvgIpc) is 2.84. The van der Waals surface area contributed by atoms with E-state index in [0.717, 1.165) is 25.2 Å². The van der Waals surface area contributed by atoms with E-state index in [4.69, 9.17) is 0 Å². The molecule has 0 radical (unpaired) electrons. The standard InChI is InChI=1S/C26H30N8O/c1-16(2)30-24(35)20-14-29-25(31-19-9-8-18-13-28-11-10-17(18)12-19)34-23(20)33-22-7-5-6-21(32-22)26(3,4)15-27/h5-9,12,14,16,28H,10-11,13H2,1-4H3,(H,30,35)(H2,29,31,32,33,34). The Bertz CT molecular complexity index is 1280. The lowest BCUT2D eigenvalue weighted by molar-refractivity contribution is 0.0943. The Labute approximate surface area is 205 Å². The summed E-state index contributed by atoms with van der Waals surface area (Å²) in [4.78, 5) is 26.4. The molecule has 0 aliphatic carbocycles. The van der Waals surface area contributed by atoms with E-state index in [1.165, 1.54) is 17.3 Å². The molecule has 3 heterocycles. The molecule has 4 N–H and O–H groups in total. The molecule has 0 spiro atoms. The molecule has 0 bridgehead atoms. The summed E-state index contributed by atoms with van der Waals surface area (Å²) in [5.41, 5.74) is 3.63. The van der Waals surface area contributed by atoms with E-state index in [1.807, 2.05) is 39.8 Å². The van der Waals surface area contributed by atoms with E-state index >= 15 is 0 Å². The lowest BCUT2D eigenvalue weighted by Crippen LogP contribution is -2.31. The molecular formula is C26H30N8O. The number of benzene rings is 1. The van der Waals surface area contributed by atoms with Crippen molar-refractivity contribution in [3.8, 4) is 6.07 Å². The van der Waals surface area contributed by atoms with E-state index in [9.17, 15) is 10.1 Å². The summed E-state index contributed by atoms with van der Waals surface area (Å²) in [7, 11) is 0. The first-order chi connectivity index (χ1) is 16.7. The summed E-state index contributed by atoms with van der Waals surface area (Å²) in [5.74, 6) is 0.873. The highest BCUT2D eigenvalue weighted by Gasteiger charge is 2.22. The van der Waals surface area contributed by atoms with E-state index in [1.54, 1.807) is 12.1 Å². The quantitative estimate of drug-likeness (QED) is 0.409. The number of carbonyl (C=O) groups is 1. The number of nitriles is 1. The van der Waals surface area contributed by atoms with Gasteiger partial charge in [-0.15, -0.1) is 0 Å². The SMILES string of the molecule is CC(C)NC(=O)c1cnc(Nc2ccc3c(c2)CCNC3)nc1Nc1cccc(C(C)(C)C#N)n1. The number of amides is 1. The smallest absolute Gasteiger partial charge is 0.256 e. The van der Waals surface area contributed by atoms with Gasteiger partial charge in [0.05, 0.1) is 17.2 Å². The molecule has 2 aromatic heterocycles. The number of anilines is 4. The van der Waals surface area contributed by atoms with Crippen LogP contribution in [-0.2, 0) is 18.4 Å². The van der Waals surface area contributed by atoms with Crippen molar-refractivity contribution in [1.82, 2.24) is 25.6 Å². The molecule has 9 nitrogen and oxygen atoms in total. The molecule has 1 aliphatic rings. The van der Waals surface area contributed by atoms with Crippen molar-refractivity contribution in [2.24, 2.45) is 0 Å². The Morgan fingerprint density at radius 3 is 2.74 bits per heavy atom. The van der Waals surface area contributed by atoms with Crippen molar-refractivity contribution in [2.75, 3.05) is 17.2 Å². The summed E-state index contributed by atoms with van der Waals surface area (Å²) < 4.78 is 0. The second kappa shape index (κ2) is 10.1. The van der Waals surface area contributed by atoms with Gasteiger partial charge < -0.3 is 21.3 Å². The Balaban J connectivity index is 1.66. The predicted molar refractivity (Wildman–Crippen MR) is 136 cm³/mol. The van der Waals surface area contributed by atoms with E-state index in [-0.39, 0.29) is 11.9 Å². The van der Waals surface area contributed by atoms with Crippen molar-refractivity contribution in [1.29, 1.82) is 5.26 Å². The van der Waals surface area contributed by atoms with E-state index < -0.39 is 5.41 Å². The highest BCUT2D eigenvalue weighted by atomic mass is 16.1. The van der Waals surface area contributed by atoms with Crippen LogP contribution in [0.1, 0.15) is 54.9 Å². The average molecular weight is 471 g/mol. The number of pyridine rings is 1. The molecule has 1 amide bonds. The summed E-state index contributed by atoms with van der Waals surface area (Å²) in [6, 6.07) is 13.8. The van der Waals surface area contributed by atoms with Crippen molar-refractivity contribution in [3.63, 3.8) is 0 Å². The maximum Gasteiger partial charge on any atom is 0.256 e. The molecule has 0 saturated heterocycles. The molecule has 1 aromatic carbocycles. The largest absolute Gasteiger partial charge is 0.350 e. The number of aromatic nitrogens is 3. The van der Waals surface area contributed by atoms with Gasteiger partial charge >= 0.3 is 0 Å². The van der Waals surface area contributed by atoms with Gasteiger partial charge in [0.15, 0.2) is 0 Å². The zero-order valence-corrected chi connectivity index (χ0v) is 20.4. The predicted octanol–water partition coefficient (Wildman–Crippen LogP) is 3.94. The van der Waals surface area contributed by atoms with Crippen LogP contribution in [0.3, 0.4) is 0 Å². The van der Waals surface area contributed by atoms with Gasteiger partial charge in [-0.1, -0.05) is 12.1 Å². The fourth-order valence-corrected chi connectivity index (χ4v) is 3.76. The highest BCUT2D eigenvalue weighted by molar-refractivity contribution is 5.99. The lowest BCUT2D eigenvalue weighted by atomic mass is 9.91. The number of fused-ring (bicyclic) bond motifs is 1. The summed E-state index contributed by atoms with van der Waals surface area (Å²) in [6.45, 7) is 9.22. The summed E-state index contributed by atoms with van der Waals surface area (Å²) in [6.07, 6.45) is 2.47. The Morgan fingerprint density at radius 2 is 1.97 bits per heavy atom. The van der Waals surface area contributed by atoms with Gasteiger partial charge in [0.25, 0.3) is 5.91 Å². The minimum absolute atomic E-state index is 0.0454. The van der Waals surface area contributed by atoms with E-state index in [0.29, 0.717) is 28.8 Å². The summed E-state index contributed by atoms with van der Waals surface area (Å²) >= 11 is 0. The number of hydrogen-bond acceptors (Lipinski definition) is 8. The minimum Gasteiger partial charge on any atom is -0.350 e. The maximum absolute atomic E-state index is 12.8. The van der Waals surface area contributed by atoms with Gasteiger partial charge in [-0.05, 0) is 76.1 Å². The van der Waals surface area contributed by atoms with Crippen LogP contribution in [0.4, 0.5) is 23.3 Å². The van der Waals surface area contributed by atoms with Gasteiger partial charge in [-0.2, -0.15) is 10.2 Å². The second-order valence-electron chi connectivity index (χ2n) is 9.39. The number of hydrogen-bond donors (Lipinski definition) is 4. The van der Waals surface area contributed by atoms with Crippen molar-refractivity contribution in [3.05, 3.63) is 65.0 Å². The topological polar surface area (TPSA) is 128 Å². The monoisotopic (exact) mass is 470 g/mol. The lowest BCUT2D eigenvalue weighted by Gasteiger charge is -2.19. The van der Waals surface area contributed by atoms with Crippen LogP contribution in [0.15, 0.2) is 42.6 Å². The highest BCUT2D eigenvalue weighted by Crippen LogP contribution is 2.26. The molecule has 9 heteroatoms. The van der Waals surface area contributed by atoms with Crippen LogP contribution in [0.25, 0.3) is 0 Å². The van der Waals surface area contributed by atoms with Gasteiger partial charge in [0.2, 0.25) is 5.95 Å². The third-order valence-corrected chi connectivity index (χ3v) is 5.72. The van der Waals surface area contributed by atoms with Crippen molar-refractivity contribution in [2.45, 2.75) is 52.1 Å². The fourth-order valence-electron chi connectivity index (χ4n) is 3.76. The van der Waals surface area contributed by atoms with Crippen LogP contribution in [0, 0.1) is 11.3 Å². The molecule has 1 aliphatic heterocycles. The van der Waals surface area contributed by atoms with Crippen molar-refractivity contribution >= 4 is 29.2 Å². The molecule has 0 unspecified atom stereocenters. The Hall–Kier alpha value is -4.03. The third-order valence-electron chi connectivity index (χ3n) is 5.72. The maximum atomic E-state index is 12.8. The normalized spacial score (nSPS) is 13.0. The van der Waals surface area contributed by atoms with Gasteiger partial charge in [-0.3, -0.25) is 4.79 Å². The van der Waals surface area contributed by atoms with Crippen LogP contribution in [0.2, 0.25) is 0 Å². The molecule has 0 fully saturated rings. The molecule has 4 rings (SSSR count). The second-order valence-corrected chi connectivity index (χ2v) is 9.39. The van der Waals surface area contributed by atoms with Crippen LogP contribution in [0.5, 0.6) is 0 Å². The zero-order chi connectivity index (χ0) is 25.0. The first-order valence-corrected chi connectivity index (χ1v) is 11.7. The molecule has 3 aromatic rings. The Kier molecular flexibility index (Phi) is 6.94.